The summed E-state index contributed by atoms with van der Waals surface area (Å²) >= 11 is 0. The molecule has 2 rings (SSSR count). The molecule has 0 aromatic heterocycles. The van der Waals surface area contributed by atoms with Crippen LogP contribution in [0.5, 0.6) is 0 Å². The van der Waals surface area contributed by atoms with Crippen LogP contribution in [0.1, 0.15) is 31.7 Å². The van der Waals surface area contributed by atoms with Crippen LogP contribution in [0.2, 0.25) is 0 Å². The number of Topliss-reactive ketones (excluding diaryl/α,β-unsaturated/α-hetero) is 3. The molecule has 0 radical (unpaired) electrons. The number of sulfone groups is 1. The van der Waals surface area contributed by atoms with E-state index in [4.69, 9.17) is 0 Å². The molecule has 142 valence electrons. The number of carbonyl (C=O) groups excluding carboxylic acids is 3. The second kappa shape index (κ2) is 7.30. The summed E-state index contributed by atoms with van der Waals surface area (Å²) in [7, 11) is -3.84. The summed E-state index contributed by atoms with van der Waals surface area (Å²) in [5.74, 6) is -3.67. The number of alkyl halides is 3. The summed E-state index contributed by atoms with van der Waals surface area (Å²) in [6.45, 7) is 1.16. The van der Waals surface area contributed by atoms with Crippen LogP contribution in [0, 0.1) is 11.8 Å². The first kappa shape index (κ1) is 20.3. The van der Waals surface area contributed by atoms with Gasteiger partial charge >= 0.3 is 6.18 Å². The predicted octanol–water partition coefficient (Wildman–Crippen LogP) is 2.62. The predicted molar refractivity (Wildman–Crippen MR) is 85.0 cm³/mol. The van der Waals surface area contributed by atoms with E-state index in [2.05, 4.69) is 0 Å². The summed E-state index contributed by atoms with van der Waals surface area (Å²) in [6, 6.07) is 3.16. The molecule has 0 aliphatic heterocycles. The van der Waals surface area contributed by atoms with Crippen molar-refractivity contribution in [1.29, 1.82) is 0 Å². The topological polar surface area (TPSA) is 85.3 Å². The lowest BCUT2D eigenvalue weighted by Gasteiger charge is -2.24. The standard InChI is InChI=1S/C17H17F3O5S/c1-10(21)16-14(22)8-11(9-15(16)23)6-7-26(24,25)13-4-2-12(3-5-13)17(18,19)20/h2-5,11,16H,6-9H2,1H3. The molecule has 5 nitrogen and oxygen atoms in total. The van der Waals surface area contributed by atoms with E-state index in [9.17, 15) is 36.0 Å². The van der Waals surface area contributed by atoms with Gasteiger partial charge in [0.05, 0.1) is 16.2 Å². The number of hydrogen-bond acceptors (Lipinski definition) is 5. The Labute approximate surface area is 148 Å². The first-order valence-corrected chi connectivity index (χ1v) is 9.53. The van der Waals surface area contributed by atoms with E-state index in [0.717, 1.165) is 19.1 Å². The maximum Gasteiger partial charge on any atom is 0.416 e. The Morgan fingerprint density at radius 2 is 1.58 bits per heavy atom. The molecular weight excluding hydrogens is 373 g/mol. The van der Waals surface area contributed by atoms with Gasteiger partial charge in [0, 0.05) is 12.8 Å². The number of benzene rings is 1. The van der Waals surface area contributed by atoms with Gasteiger partial charge < -0.3 is 0 Å². The van der Waals surface area contributed by atoms with Crippen molar-refractivity contribution in [3.05, 3.63) is 29.8 Å². The Bertz CT molecular complexity index is 807. The maximum absolute atomic E-state index is 12.5. The molecule has 0 atom stereocenters. The largest absolute Gasteiger partial charge is 0.416 e. The normalized spacial score (nSPS) is 21.7. The second-order valence-corrected chi connectivity index (χ2v) is 8.49. The zero-order valence-corrected chi connectivity index (χ0v) is 14.7. The van der Waals surface area contributed by atoms with Gasteiger partial charge in [-0.15, -0.1) is 0 Å². The number of carbonyl (C=O) groups is 3. The van der Waals surface area contributed by atoms with Gasteiger partial charge in [0.25, 0.3) is 0 Å². The highest BCUT2D eigenvalue weighted by atomic mass is 32.2. The summed E-state index contributed by atoms with van der Waals surface area (Å²) < 4.78 is 62.1. The third-order valence-electron chi connectivity index (χ3n) is 4.37. The second-order valence-electron chi connectivity index (χ2n) is 6.38. The van der Waals surface area contributed by atoms with Gasteiger partial charge in [-0.3, -0.25) is 14.4 Å². The average Bonchev–Trinajstić information content (AvgIpc) is 2.51. The van der Waals surface area contributed by atoms with Crippen LogP contribution in [-0.4, -0.2) is 31.5 Å². The summed E-state index contributed by atoms with van der Waals surface area (Å²) in [5.41, 5.74) is -0.949. The van der Waals surface area contributed by atoms with Crippen molar-refractivity contribution in [2.45, 2.75) is 37.3 Å². The van der Waals surface area contributed by atoms with Crippen LogP contribution < -0.4 is 0 Å². The molecule has 0 heterocycles. The Balaban J connectivity index is 2.04. The zero-order valence-electron chi connectivity index (χ0n) is 13.9. The van der Waals surface area contributed by atoms with Crippen LogP contribution in [0.25, 0.3) is 0 Å². The molecule has 1 aromatic carbocycles. The Morgan fingerprint density at radius 3 is 2.00 bits per heavy atom. The molecule has 0 N–H and O–H groups in total. The quantitative estimate of drug-likeness (QED) is 0.722. The molecular formula is C17H17F3O5S. The molecule has 0 bridgehead atoms. The highest BCUT2D eigenvalue weighted by Gasteiger charge is 2.38. The van der Waals surface area contributed by atoms with Gasteiger partial charge in [0.2, 0.25) is 0 Å². The van der Waals surface area contributed by atoms with Crippen LogP contribution in [-0.2, 0) is 30.4 Å². The van der Waals surface area contributed by atoms with Crippen molar-refractivity contribution in [2.75, 3.05) is 5.75 Å². The van der Waals surface area contributed by atoms with Crippen molar-refractivity contribution >= 4 is 27.2 Å². The fourth-order valence-electron chi connectivity index (χ4n) is 3.00. The number of ketones is 3. The lowest BCUT2D eigenvalue weighted by molar-refractivity contribution is -0.143. The van der Waals surface area contributed by atoms with Gasteiger partial charge in [-0.2, -0.15) is 13.2 Å². The maximum atomic E-state index is 12.5. The van der Waals surface area contributed by atoms with Gasteiger partial charge in [0.15, 0.2) is 21.4 Å². The zero-order chi connectivity index (χ0) is 19.7. The van der Waals surface area contributed by atoms with E-state index in [1.807, 2.05) is 0 Å². The average molecular weight is 390 g/mol. The first-order chi connectivity index (χ1) is 11.9. The monoisotopic (exact) mass is 390 g/mol. The molecule has 1 aliphatic rings. The van der Waals surface area contributed by atoms with Gasteiger partial charge in [-0.1, -0.05) is 0 Å². The van der Waals surface area contributed by atoms with Crippen molar-refractivity contribution in [1.82, 2.24) is 0 Å². The van der Waals surface area contributed by atoms with Gasteiger partial charge in [0.1, 0.15) is 11.7 Å². The number of rotatable bonds is 5. The molecule has 1 saturated carbocycles. The molecule has 1 fully saturated rings. The van der Waals surface area contributed by atoms with E-state index in [1.165, 1.54) is 0 Å². The fraction of sp³-hybridized carbons (Fsp3) is 0.471. The smallest absolute Gasteiger partial charge is 0.299 e. The van der Waals surface area contributed by atoms with E-state index >= 15 is 0 Å². The lowest BCUT2D eigenvalue weighted by atomic mass is 9.77. The number of hydrogen-bond donors (Lipinski definition) is 0. The van der Waals surface area contributed by atoms with Gasteiger partial charge in [-0.05, 0) is 43.5 Å². The Morgan fingerprint density at radius 1 is 1.08 bits per heavy atom. The van der Waals surface area contributed by atoms with Crippen LogP contribution >= 0.6 is 0 Å². The molecule has 1 aliphatic carbocycles. The highest BCUT2D eigenvalue weighted by Crippen LogP contribution is 2.31. The van der Waals surface area contributed by atoms with E-state index in [0.29, 0.717) is 12.1 Å². The van der Waals surface area contributed by atoms with E-state index in [1.54, 1.807) is 0 Å². The fourth-order valence-corrected chi connectivity index (χ4v) is 4.44. The molecule has 0 spiro atoms. The van der Waals surface area contributed by atoms with Crippen molar-refractivity contribution in [3.8, 4) is 0 Å². The minimum absolute atomic E-state index is 0.0193. The van der Waals surface area contributed by atoms with Crippen LogP contribution in [0.4, 0.5) is 13.2 Å². The third kappa shape index (κ3) is 4.57. The minimum atomic E-state index is -4.56. The molecule has 1 aromatic rings. The molecule has 26 heavy (non-hydrogen) atoms. The third-order valence-corrected chi connectivity index (χ3v) is 6.13. The van der Waals surface area contributed by atoms with E-state index < -0.39 is 56.5 Å². The molecule has 0 saturated heterocycles. The lowest BCUT2D eigenvalue weighted by Crippen LogP contribution is -2.38. The van der Waals surface area contributed by atoms with Crippen LogP contribution in [0.15, 0.2) is 29.2 Å². The minimum Gasteiger partial charge on any atom is -0.299 e. The van der Waals surface area contributed by atoms with Crippen LogP contribution in [0.3, 0.4) is 0 Å². The SMILES string of the molecule is CC(=O)C1C(=O)CC(CCS(=O)(=O)c2ccc(C(F)(F)F)cc2)CC1=O. The summed E-state index contributed by atoms with van der Waals surface area (Å²) in [4.78, 5) is 34.8. The van der Waals surface area contributed by atoms with Crippen molar-refractivity contribution in [2.24, 2.45) is 11.8 Å². The van der Waals surface area contributed by atoms with E-state index in [-0.39, 0.29) is 24.2 Å². The highest BCUT2D eigenvalue weighted by molar-refractivity contribution is 7.91. The summed E-state index contributed by atoms with van der Waals surface area (Å²) in [5, 5.41) is 0. The first-order valence-electron chi connectivity index (χ1n) is 7.87. The van der Waals surface area contributed by atoms with Crippen molar-refractivity contribution < 1.29 is 36.0 Å². The van der Waals surface area contributed by atoms with Crippen molar-refractivity contribution in [3.63, 3.8) is 0 Å². The Hall–Kier alpha value is -2.03. The Kier molecular flexibility index (Phi) is 5.70. The molecule has 0 unspecified atom stereocenters. The summed E-state index contributed by atoms with van der Waals surface area (Å²) in [6.07, 6.45) is -4.65. The molecule has 9 heteroatoms. The number of halogens is 3. The van der Waals surface area contributed by atoms with Gasteiger partial charge in [-0.25, -0.2) is 8.42 Å². The molecule has 0 amide bonds.